The first-order chi connectivity index (χ1) is 8.88. The lowest BCUT2D eigenvalue weighted by Crippen LogP contribution is -2.39. The number of carboxylic acids is 1. The Morgan fingerprint density at radius 3 is 2.32 bits per heavy atom. The second-order valence-corrected chi connectivity index (χ2v) is 5.25. The minimum atomic E-state index is -0.930. The molecule has 0 aliphatic carbocycles. The van der Waals surface area contributed by atoms with Crippen LogP contribution in [0, 0.1) is 5.41 Å². The summed E-state index contributed by atoms with van der Waals surface area (Å²) in [5, 5.41) is 12.0. The molecule has 2 N–H and O–H groups in total. The third kappa shape index (κ3) is 4.09. The van der Waals surface area contributed by atoms with Crippen molar-refractivity contribution < 1.29 is 14.7 Å². The van der Waals surface area contributed by atoms with Crippen LogP contribution in [0.15, 0.2) is 30.3 Å². The predicted molar refractivity (Wildman–Crippen MR) is 73.9 cm³/mol. The monoisotopic (exact) mass is 263 g/mol. The fourth-order valence-electron chi connectivity index (χ4n) is 1.63. The van der Waals surface area contributed by atoms with Crippen molar-refractivity contribution in [3.05, 3.63) is 35.9 Å². The molecule has 1 atom stereocenters. The highest BCUT2D eigenvalue weighted by Crippen LogP contribution is 2.20. The Hall–Kier alpha value is -1.84. The lowest BCUT2D eigenvalue weighted by molar-refractivity contribution is -0.139. The summed E-state index contributed by atoms with van der Waals surface area (Å²) >= 11 is 0. The lowest BCUT2D eigenvalue weighted by Gasteiger charge is -2.23. The molecule has 1 unspecified atom stereocenters. The number of carbonyl (C=O) groups excluding carboxylic acids is 1. The number of hydrogen-bond donors (Lipinski definition) is 2. The van der Waals surface area contributed by atoms with Crippen LogP contribution >= 0.6 is 0 Å². The highest BCUT2D eigenvalue weighted by atomic mass is 16.4. The van der Waals surface area contributed by atoms with Gasteiger partial charge in [0.25, 0.3) is 0 Å². The van der Waals surface area contributed by atoms with E-state index < -0.39 is 17.3 Å². The molecule has 0 radical (unpaired) electrons. The first kappa shape index (κ1) is 15.2. The van der Waals surface area contributed by atoms with E-state index in [-0.39, 0.29) is 12.5 Å². The van der Waals surface area contributed by atoms with Crippen LogP contribution in [-0.4, -0.2) is 23.5 Å². The van der Waals surface area contributed by atoms with Crippen molar-refractivity contribution >= 4 is 11.9 Å². The molecule has 1 aromatic rings. The molecule has 1 aromatic carbocycles. The number of amides is 1. The number of hydrogen-bond acceptors (Lipinski definition) is 2. The molecule has 104 valence electrons. The van der Waals surface area contributed by atoms with Crippen molar-refractivity contribution in [3.63, 3.8) is 0 Å². The first-order valence-corrected chi connectivity index (χ1v) is 6.44. The molecule has 0 saturated carbocycles. The van der Waals surface area contributed by atoms with Gasteiger partial charge in [-0.25, -0.2) is 0 Å². The van der Waals surface area contributed by atoms with E-state index in [1.807, 2.05) is 26.8 Å². The van der Waals surface area contributed by atoms with Gasteiger partial charge in [0.05, 0.1) is 5.92 Å². The van der Waals surface area contributed by atoms with Crippen LogP contribution in [0.25, 0.3) is 0 Å². The summed E-state index contributed by atoms with van der Waals surface area (Å²) in [7, 11) is 0. The van der Waals surface area contributed by atoms with Crippen molar-refractivity contribution in [1.82, 2.24) is 5.32 Å². The standard InChI is InChI=1S/C15H21NO3/c1-4-15(2,3)14(19)16-10-12(13(17)18)11-8-6-5-7-9-11/h5-9,12H,4,10H2,1-3H3,(H,16,19)(H,17,18). The molecule has 0 heterocycles. The molecule has 0 aliphatic rings. The molecule has 19 heavy (non-hydrogen) atoms. The van der Waals surface area contributed by atoms with E-state index in [2.05, 4.69) is 5.32 Å². The van der Waals surface area contributed by atoms with E-state index in [0.717, 1.165) is 0 Å². The van der Waals surface area contributed by atoms with Gasteiger partial charge in [0.15, 0.2) is 0 Å². The Morgan fingerprint density at radius 2 is 1.84 bits per heavy atom. The molecular formula is C15H21NO3. The van der Waals surface area contributed by atoms with Gasteiger partial charge in [0.2, 0.25) is 5.91 Å². The van der Waals surface area contributed by atoms with E-state index in [1.54, 1.807) is 24.3 Å². The molecule has 0 saturated heterocycles. The number of rotatable bonds is 6. The predicted octanol–water partition coefficient (Wildman–Crippen LogP) is 2.41. The zero-order valence-electron chi connectivity index (χ0n) is 11.6. The Kier molecular flexibility index (Phi) is 5.10. The normalized spacial score (nSPS) is 12.8. The number of nitrogens with one attached hydrogen (secondary N) is 1. The molecule has 1 rings (SSSR count). The first-order valence-electron chi connectivity index (χ1n) is 6.44. The van der Waals surface area contributed by atoms with Crippen LogP contribution in [0.3, 0.4) is 0 Å². The highest BCUT2D eigenvalue weighted by molar-refractivity contribution is 5.83. The van der Waals surface area contributed by atoms with Crippen molar-refractivity contribution in [1.29, 1.82) is 0 Å². The van der Waals surface area contributed by atoms with E-state index in [1.165, 1.54) is 0 Å². The molecular weight excluding hydrogens is 242 g/mol. The summed E-state index contributed by atoms with van der Waals surface area (Å²) in [6.45, 7) is 5.74. The van der Waals surface area contributed by atoms with Gasteiger partial charge in [-0.3, -0.25) is 9.59 Å². The Labute approximate surface area is 113 Å². The number of carboxylic acid groups (broad SMARTS) is 1. The summed E-state index contributed by atoms with van der Waals surface area (Å²) in [4.78, 5) is 23.2. The molecule has 0 aromatic heterocycles. The smallest absolute Gasteiger partial charge is 0.312 e. The van der Waals surface area contributed by atoms with Crippen LogP contribution < -0.4 is 5.32 Å². The van der Waals surface area contributed by atoms with Crippen LogP contribution in [-0.2, 0) is 9.59 Å². The van der Waals surface area contributed by atoms with Crippen LogP contribution in [0.1, 0.15) is 38.7 Å². The second kappa shape index (κ2) is 6.36. The largest absolute Gasteiger partial charge is 0.481 e. The molecule has 0 fully saturated rings. The van der Waals surface area contributed by atoms with Gasteiger partial charge in [-0.2, -0.15) is 0 Å². The fraction of sp³-hybridized carbons (Fsp3) is 0.467. The zero-order chi connectivity index (χ0) is 14.5. The summed E-state index contributed by atoms with van der Waals surface area (Å²) in [5.74, 6) is -1.75. The Morgan fingerprint density at radius 1 is 1.26 bits per heavy atom. The van der Waals surface area contributed by atoms with Crippen molar-refractivity contribution in [2.24, 2.45) is 5.41 Å². The third-order valence-corrected chi connectivity index (χ3v) is 3.47. The van der Waals surface area contributed by atoms with Gasteiger partial charge < -0.3 is 10.4 Å². The Bertz CT molecular complexity index is 440. The summed E-state index contributed by atoms with van der Waals surface area (Å²) in [6.07, 6.45) is 0.710. The summed E-state index contributed by atoms with van der Waals surface area (Å²) in [5.41, 5.74) is 0.226. The lowest BCUT2D eigenvalue weighted by atomic mass is 9.89. The van der Waals surface area contributed by atoms with E-state index >= 15 is 0 Å². The quantitative estimate of drug-likeness (QED) is 0.828. The number of carbonyl (C=O) groups is 2. The van der Waals surface area contributed by atoms with Gasteiger partial charge in [-0.1, -0.05) is 51.1 Å². The third-order valence-electron chi connectivity index (χ3n) is 3.47. The fourth-order valence-corrected chi connectivity index (χ4v) is 1.63. The minimum absolute atomic E-state index is 0.113. The summed E-state index contributed by atoms with van der Waals surface area (Å²) < 4.78 is 0. The molecule has 1 amide bonds. The van der Waals surface area contributed by atoms with Crippen LogP contribution in [0.5, 0.6) is 0 Å². The average molecular weight is 263 g/mol. The van der Waals surface area contributed by atoms with E-state index in [4.69, 9.17) is 0 Å². The maximum absolute atomic E-state index is 12.0. The molecule has 0 spiro atoms. The van der Waals surface area contributed by atoms with Crippen molar-refractivity contribution in [2.75, 3.05) is 6.54 Å². The molecule has 4 heteroatoms. The van der Waals surface area contributed by atoms with Gasteiger partial charge in [0.1, 0.15) is 0 Å². The van der Waals surface area contributed by atoms with Crippen LogP contribution in [0.2, 0.25) is 0 Å². The summed E-state index contributed by atoms with van der Waals surface area (Å²) in [6, 6.07) is 8.94. The molecule has 4 nitrogen and oxygen atoms in total. The van der Waals surface area contributed by atoms with Crippen LogP contribution in [0.4, 0.5) is 0 Å². The number of benzene rings is 1. The highest BCUT2D eigenvalue weighted by Gasteiger charge is 2.27. The Balaban J connectivity index is 2.72. The van der Waals surface area contributed by atoms with Gasteiger partial charge in [-0.15, -0.1) is 0 Å². The van der Waals surface area contributed by atoms with Crippen molar-refractivity contribution in [2.45, 2.75) is 33.1 Å². The molecule has 0 bridgehead atoms. The number of aliphatic carboxylic acids is 1. The van der Waals surface area contributed by atoms with Gasteiger partial charge in [-0.05, 0) is 12.0 Å². The van der Waals surface area contributed by atoms with Gasteiger partial charge >= 0.3 is 5.97 Å². The topological polar surface area (TPSA) is 66.4 Å². The van der Waals surface area contributed by atoms with Crippen molar-refractivity contribution in [3.8, 4) is 0 Å². The van der Waals surface area contributed by atoms with Gasteiger partial charge in [0, 0.05) is 12.0 Å². The second-order valence-electron chi connectivity index (χ2n) is 5.25. The SMILES string of the molecule is CCC(C)(C)C(=O)NCC(C(=O)O)c1ccccc1. The average Bonchev–Trinajstić information content (AvgIpc) is 2.39. The van der Waals surface area contributed by atoms with E-state index in [0.29, 0.717) is 12.0 Å². The minimum Gasteiger partial charge on any atom is -0.481 e. The maximum Gasteiger partial charge on any atom is 0.312 e. The van der Waals surface area contributed by atoms with E-state index in [9.17, 15) is 14.7 Å². The molecule has 0 aliphatic heterocycles. The zero-order valence-corrected chi connectivity index (χ0v) is 11.6. The maximum atomic E-state index is 12.0.